The highest BCUT2D eigenvalue weighted by Crippen LogP contribution is 2.16. The second-order valence-corrected chi connectivity index (χ2v) is 5.75. The molecule has 5 heteroatoms. The number of carbonyl (C=O) groups is 1. The van der Waals surface area contributed by atoms with Crippen molar-refractivity contribution in [3.63, 3.8) is 0 Å². The van der Waals surface area contributed by atoms with Crippen LogP contribution in [0.2, 0.25) is 0 Å². The van der Waals surface area contributed by atoms with E-state index < -0.39 is 0 Å². The molecule has 0 atom stereocenters. The smallest absolute Gasteiger partial charge is 0.315 e. The van der Waals surface area contributed by atoms with Crippen molar-refractivity contribution in [2.75, 3.05) is 24.6 Å². The lowest BCUT2D eigenvalue weighted by Crippen LogP contribution is -2.49. The molecule has 2 amide bonds. The average Bonchev–Trinajstić information content (AvgIpc) is 2.31. The van der Waals surface area contributed by atoms with Gasteiger partial charge in [-0.2, -0.15) is 11.8 Å². The molecular weight excluding hydrogens is 222 g/mol. The van der Waals surface area contributed by atoms with E-state index >= 15 is 0 Å². The molecule has 0 unspecified atom stereocenters. The van der Waals surface area contributed by atoms with Gasteiger partial charge in [0, 0.05) is 12.1 Å². The Labute approximate surface area is 101 Å². The van der Waals surface area contributed by atoms with E-state index in [0.717, 1.165) is 38.8 Å². The van der Waals surface area contributed by atoms with Crippen molar-refractivity contribution in [1.82, 2.24) is 16.0 Å². The molecule has 0 bridgehead atoms. The van der Waals surface area contributed by atoms with E-state index in [1.54, 1.807) is 0 Å². The second kappa shape index (κ2) is 6.35. The fourth-order valence-electron chi connectivity index (χ4n) is 2.22. The van der Waals surface area contributed by atoms with Crippen LogP contribution < -0.4 is 16.0 Å². The van der Waals surface area contributed by atoms with Crippen molar-refractivity contribution in [2.24, 2.45) is 0 Å². The van der Waals surface area contributed by atoms with Gasteiger partial charge in [-0.3, -0.25) is 0 Å². The fraction of sp³-hybridized carbons (Fsp3) is 0.909. The summed E-state index contributed by atoms with van der Waals surface area (Å²) in [4.78, 5) is 11.7. The number of carbonyl (C=O) groups excluding carboxylic acids is 1. The molecule has 2 aliphatic rings. The van der Waals surface area contributed by atoms with Crippen molar-refractivity contribution in [2.45, 2.75) is 37.8 Å². The van der Waals surface area contributed by atoms with Gasteiger partial charge in [0.25, 0.3) is 0 Å². The first-order chi connectivity index (χ1) is 7.84. The minimum absolute atomic E-state index is 0.0313. The van der Waals surface area contributed by atoms with E-state index in [1.165, 1.54) is 11.5 Å². The maximum Gasteiger partial charge on any atom is 0.315 e. The molecule has 3 N–H and O–H groups in total. The van der Waals surface area contributed by atoms with Crippen LogP contribution in [0.5, 0.6) is 0 Å². The van der Waals surface area contributed by atoms with Crippen molar-refractivity contribution in [3.05, 3.63) is 0 Å². The zero-order valence-corrected chi connectivity index (χ0v) is 10.4. The Morgan fingerprint density at radius 1 is 1.00 bits per heavy atom. The number of piperidine rings is 1. The first kappa shape index (κ1) is 12.0. The van der Waals surface area contributed by atoms with Crippen molar-refractivity contribution in [3.8, 4) is 0 Å². The van der Waals surface area contributed by atoms with Crippen LogP contribution in [0.3, 0.4) is 0 Å². The van der Waals surface area contributed by atoms with E-state index in [-0.39, 0.29) is 6.03 Å². The standard InChI is InChI=1S/C11H21N3OS/c15-11(13-9-1-5-12-6-2-9)14-10-3-7-16-8-4-10/h9-10,12H,1-8H2,(H2,13,14,15). The maximum absolute atomic E-state index is 11.7. The topological polar surface area (TPSA) is 53.2 Å². The number of nitrogens with one attached hydrogen (secondary N) is 3. The molecule has 0 radical (unpaired) electrons. The first-order valence-electron chi connectivity index (χ1n) is 6.20. The zero-order valence-electron chi connectivity index (χ0n) is 9.63. The molecule has 4 nitrogen and oxygen atoms in total. The minimum Gasteiger partial charge on any atom is -0.335 e. The third kappa shape index (κ3) is 3.87. The molecule has 2 aliphatic heterocycles. The van der Waals surface area contributed by atoms with Crippen LogP contribution in [0, 0.1) is 0 Å². The Morgan fingerprint density at radius 3 is 2.19 bits per heavy atom. The molecule has 0 aromatic rings. The molecule has 0 spiro atoms. The lowest BCUT2D eigenvalue weighted by molar-refractivity contribution is 0.228. The molecule has 0 saturated carbocycles. The van der Waals surface area contributed by atoms with Crippen LogP contribution in [-0.4, -0.2) is 42.7 Å². The lowest BCUT2D eigenvalue weighted by Gasteiger charge is -2.27. The Hall–Kier alpha value is -0.420. The summed E-state index contributed by atoms with van der Waals surface area (Å²) in [6.07, 6.45) is 4.33. The number of thioether (sulfide) groups is 1. The van der Waals surface area contributed by atoms with Gasteiger partial charge in [-0.05, 0) is 50.3 Å². The van der Waals surface area contributed by atoms with E-state index in [2.05, 4.69) is 16.0 Å². The third-order valence-corrected chi connectivity index (χ3v) is 4.28. The monoisotopic (exact) mass is 243 g/mol. The van der Waals surface area contributed by atoms with E-state index in [0.29, 0.717) is 12.1 Å². The normalized spacial score (nSPS) is 24.0. The van der Waals surface area contributed by atoms with Crippen LogP contribution in [0.15, 0.2) is 0 Å². The fourth-order valence-corrected chi connectivity index (χ4v) is 3.33. The highest BCUT2D eigenvalue weighted by Gasteiger charge is 2.19. The molecule has 2 fully saturated rings. The van der Waals surface area contributed by atoms with Gasteiger partial charge < -0.3 is 16.0 Å². The van der Waals surface area contributed by atoms with E-state index in [9.17, 15) is 4.79 Å². The third-order valence-electron chi connectivity index (χ3n) is 3.23. The number of urea groups is 1. The van der Waals surface area contributed by atoms with Gasteiger partial charge >= 0.3 is 6.03 Å². The summed E-state index contributed by atoms with van der Waals surface area (Å²) in [7, 11) is 0. The van der Waals surface area contributed by atoms with Gasteiger partial charge in [-0.1, -0.05) is 0 Å². The van der Waals surface area contributed by atoms with Gasteiger partial charge in [0.1, 0.15) is 0 Å². The van der Waals surface area contributed by atoms with Gasteiger partial charge in [-0.25, -0.2) is 4.79 Å². The maximum atomic E-state index is 11.7. The molecule has 0 aliphatic carbocycles. The van der Waals surface area contributed by atoms with Gasteiger partial charge in [0.15, 0.2) is 0 Å². The van der Waals surface area contributed by atoms with Crippen LogP contribution in [0.25, 0.3) is 0 Å². The zero-order chi connectivity index (χ0) is 11.2. The van der Waals surface area contributed by atoms with Gasteiger partial charge in [0.05, 0.1) is 0 Å². The van der Waals surface area contributed by atoms with Gasteiger partial charge in [-0.15, -0.1) is 0 Å². The molecule has 0 aromatic heterocycles. The highest BCUT2D eigenvalue weighted by molar-refractivity contribution is 7.99. The molecule has 2 heterocycles. The number of hydrogen-bond acceptors (Lipinski definition) is 3. The molecule has 0 aromatic carbocycles. The molecular formula is C11H21N3OS. The summed E-state index contributed by atoms with van der Waals surface area (Å²) in [5.41, 5.74) is 0. The largest absolute Gasteiger partial charge is 0.335 e. The molecule has 2 rings (SSSR count). The number of rotatable bonds is 2. The van der Waals surface area contributed by atoms with Crippen molar-refractivity contribution in [1.29, 1.82) is 0 Å². The lowest BCUT2D eigenvalue weighted by atomic mass is 10.1. The van der Waals surface area contributed by atoms with Crippen LogP contribution in [0.4, 0.5) is 4.79 Å². The second-order valence-electron chi connectivity index (χ2n) is 4.53. The predicted octanol–water partition coefficient (Wildman–Crippen LogP) is 0.933. The molecule has 92 valence electrons. The minimum atomic E-state index is 0.0313. The summed E-state index contributed by atoms with van der Waals surface area (Å²) in [5, 5.41) is 9.45. The molecule has 16 heavy (non-hydrogen) atoms. The SMILES string of the molecule is O=C(NC1CCNCC1)NC1CCSCC1. The Kier molecular flexibility index (Phi) is 4.78. The average molecular weight is 243 g/mol. The van der Waals surface area contributed by atoms with Crippen LogP contribution in [0.1, 0.15) is 25.7 Å². The summed E-state index contributed by atoms with van der Waals surface area (Å²) in [6, 6.07) is 0.783. The van der Waals surface area contributed by atoms with E-state index in [4.69, 9.17) is 0 Å². The van der Waals surface area contributed by atoms with Gasteiger partial charge in [0.2, 0.25) is 0 Å². The number of amides is 2. The summed E-state index contributed by atoms with van der Waals surface area (Å²) in [5.74, 6) is 2.36. The van der Waals surface area contributed by atoms with Crippen LogP contribution in [-0.2, 0) is 0 Å². The first-order valence-corrected chi connectivity index (χ1v) is 7.35. The Morgan fingerprint density at radius 2 is 1.56 bits per heavy atom. The quantitative estimate of drug-likeness (QED) is 0.676. The number of hydrogen-bond donors (Lipinski definition) is 3. The predicted molar refractivity (Wildman–Crippen MR) is 67.9 cm³/mol. The summed E-state index contributed by atoms with van der Waals surface area (Å²) in [6.45, 7) is 2.04. The summed E-state index contributed by atoms with van der Waals surface area (Å²) >= 11 is 1.98. The molecule has 2 saturated heterocycles. The van der Waals surface area contributed by atoms with Crippen molar-refractivity contribution >= 4 is 17.8 Å². The van der Waals surface area contributed by atoms with Crippen molar-refractivity contribution < 1.29 is 4.79 Å². The Balaban J connectivity index is 1.66. The Bertz CT molecular complexity index is 203. The van der Waals surface area contributed by atoms with Crippen LogP contribution >= 0.6 is 11.8 Å². The highest BCUT2D eigenvalue weighted by atomic mass is 32.2. The van der Waals surface area contributed by atoms with E-state index in [1.807, 2.05) is 11.8 Å². The summed E-state index contributed by atoms with van der Waals surface area (Å²) < 4.78 is 0.